The van der Waals surface area contributed by atoms with Crippen LogP contribution < -0.4 is 0 Å². The normalized spacial score (nSPS) is 18.2. The van der Waals surface area contributed by atoms with Crippen LogP contribution in [0, 0.1) is 0 Å². The van der Waals surface area contributed by atoms with E-state index < -0.39 is 11.4 Å². The maximum absolute atomic E-state index is 11.4. The molecule has 16 heavy (non-hydrogen) atoms. The molecule has 0 spiro atoms. The van der Waals surface area contributed by atoms with Crippen LogP contribution in [0.25, 0.3) is 11.0 Å². The summed E-state index contributed by atoms with van der Waals surface area (Å²) in [4.78, 5) is 11.4. The summed E-state index contributed by atoms with van der Waals surface area (Å²) in [6, 6.07) is 5.50. The molecular weight excluding hydrogens is 206 g/mol. The molecule has 0 bridgehead atoms. The molecule has 1 aliphatic rings. The zero-order valence-electron chi connectivity index (χ0n) is 8.64. The van der Waals surface area contributed by atoms with E-state index >= 15 is 0 Å². The summed E-state index contributed by atoms with van der Waals surface area (Å²) in [5.41, 5.74) is 0.778. The third-order valence-electron chi connectivity index (χ3n) is 3.53. The molecular formula is C12H11NO3. The van der Waals surface area contributed by atoms with Crippen LogP contribution in [-0.4, -0.2) is 16.2 Å². The first-order valence-electron chi connectivity index (χ1n) is 5.31. The van der Waals surface area contributed by atoms with E-state index in [4.69, 9.17) is 4.52 Å². The first kappa shape index (κ1) is 9.39. The maximum Gasteiger partial charge on any atom is 0.314 e. The molecule has 0 radical (unpaired) electrons. The van der Waals surface area contributed by atoms with Gasteiger partial charge in [-0.3, -0.25) is 4.79 Å². The Bertz CT molecular complexity index is 554. The number of aromatic nitrogens is 1. The number of carboxylic acid groups (broad SMARTS) is 1. The third-order valence-corrected chi connectivity index (χ3v) is 3.53. The van der Waals surface area contributed by atoms with E-state index in [1.54, 1.807) is 12.3 Å². The number of nitrogens with zero attached hydrogens (tertiary/aromatic N) is 1. The molecule has 4 nitrogen and oxygen atoms in total. The number of hydrogen-bond acceptors (Lipinski definition) is 3. The van der Waals surface area contributed by atoms with Crippen molar-refractivity contribution in [2.45, 2.75) is 24.7 Å². The largest absolute Gasteiger partial charge is 0.481 e. The highest BCUT2D eigenvalue weighted by atomic mass is 16.5. The average molecular weight is 217 g/mol. The molecule has 1 aromatic carbocycles. The van der Waals surface area contributed by atoms with Gasteiger partial charge in [-0.05, 0) is 24.5 Å². The predicted octanol–water partition coefficient (Wildman–Crippen LogP) is 2.33. The summed E-state index contributed by atoms with van der Waals surface area (Å²) in [5, 5.41) is 13.9. The van der Waals surface area contributed by atoms with Gasteiger partial charge < -0.3 is 9.63 Å². The van der Waals surface area contributed by atoms with Gasteiger partial charge in [0.25, 0.3) is 0 Å². The molecule has 0 aliphatic heterocycles. The number of fused-ring (bicyclic) bond motifs is 1. The van der Waals surface area contributed by atoms with Gasteiger partial charge in [0.15, 0.2) is 5.58 Å². The van der Waals surface area contributed by atoms with E-state index in [2.05, 4.69) is 5.16 Å². The van der Waals surface area contributed by atoms with E-state index in [-0.39, 0.29) is 0 Å². The van der Waals surface area contributed by atoms with Crippen LogP contribution in [0.1, 0.15) is 24.8 Å². The van der Waals surface area contributed by atoms with Crippen LogP contribution in [0.5, 0.6) is 0 Å². The molecule has 0 saturated heterocycles. The summed E-state index contributed by atoms with van der Waals surface area (Å²) in [7, 11) is 0. The molecule has 4 heteroatoms. The molecule has 1 saturated carbocycles. The van der Waals surface area contributed by atoms with E-state index in [1.807, 2.05) is 12.1 Å². The van der Waals surface area contributed by atoms with Gasteiger partial charge in [-0.25, -0.2) is 0 Å². The molecule has 3 rings (SSSR count). The monoisotopic (exact) mass is 217 g/mol. The summed E-state index contributed by atoms with van der Waals surface area (Å²) in [6.07, 6.45) is 3.97. The lowest BCUT2D eigenvalue weighted by molar-refractivity contribution is -0.147. The Labute approximate surface area is 91.9 Å². The van der Waals surface area contributed by atoms with Crippen LogP contribution in [0.2, 0.25) is 0 Å². The second kappa shape index (κ2) is 3.07. The third kappa shape index (κ3) is 1.04. The van der Waals surface area contributed by atoms with Gasteiger partial charge >= 0.3 is 5.97 Å². The number of benzene rings is 1. The van der Waals surface area contributed by atoms with Gasteiger partial charge in [-0.1, -0.05) is 23.7 Å². The highest BCUT2D eigenvalue weighted by Gasteiger charge is 2.47. The van der Waals surface area contributed by atoms with Crippen molar-refractivity contribution in [1.29, 1.82) is 0 Å². The lowest BCUT2D eigenvalue weighted by atomic mass is 9.64. The molecule has 0 amide bonds. The Balaban J connectivity index is 2.25. The fourth-order valence-corrected chi connectivity index (χ4v) is 2.44. The smallest absolute Gasteiger partial charge is 0.314 e. The van der Waals surface area contributed by atoms with E-state index in [0.717, 1.165) is 17.4 Å². The van der Waals surface area contributed by atoms with Crippen LogP contribution in [-0.2, 0) is 10.2 Å². The van der Waals surface area contributed by atoms with Crippen LogP contribution in [0.4, 0.5) is 0 Å². The van der Waals surface area contributed by atoms with Crippen molar-refractivity contribution in [3.63, 3.8) is 0 Å². The molecule has 1 heterocycles. The van der Waals surface area contributed by atoms with Gasteiger partial charge in [-0.2, -0.15) is 0 Å². The Hall–Kier alpha value is -1.84. The number of carbonyl (C=O) groups is 1. The fourth-order valence-electron chi connectivity index (χ4n) is 2.44. The average Bonchev–Trinajstić information content (AvgIpc) is 2.63. The van der Waals surface area contributed by atoms with Crippen molar-refractivity contribution < 1.29 is 14.4 Å². The zero-order valence-corrected chi connectivity index (χ0v) is 8.64. The SMILES string of the molecule is O=C(O)C1(c2cccc3oncc23)CCC1. The first-order valence-corrected chi connectivity index (χ1v) is 5.31. The summed E-state index contributed by atoms with van der Waals surface area (Å²) in [6.45, 7) is 0. The topological polar surface area (TPSA) is 63.3 Å². The molecule has 0 atom stereocenters. The fraction of sp³-hybridized carbons (Fsp3) is 0.333. The van der Waals surface area contributed by atoms with Crippen LogP contribution in [0.3, 0.4) is 0 Å². The standard InChI is InChI=1S/C12H11NO3/c14-11(15)12(5-2-6-12)9-3-1-4-10-8(9)7-13-16-10/h1,3-4,7H,2,5-6H2,(H,14,15). The second-order valence-corrected chi connectivity index (χ2v) is 4.28. The van der Waals surface area contributed by atoms with Crippen LogP contribution in [0.15, 0.2) is 28.9 Å². The number of hydrogen-bond donors (Lipinski definition) is 1. The minimum atomic E-state index is -0.743. The molecule has 1 fully saturated rings. The van der Waals surface area contributed by atoms with Crippen molar-refractivity contribution >= 4 is 16.9 Å². The maximum atomic E-state index is 11.4. The van der Waals surface area contributed by atoms with Crippen molar-refractivity contribution in [1.82, 2.24) is 5.16 Å². The minimum absolute atomic E-state index is 0.657. The zero-order chi connectivity index (χ0) is 11.2. The Kier molecular flexibility index (Phi) is 1.80. The predicted molar refractivity (Wildman–Crippen MR) is 57.2 cm³/mol. The quantitative estimate of drug-likeness (QED) is 0.838. The minimum Gasteiger partial charge on any atom is -0.481 e. The van der Waals surface area contributed by atoms with Crippen molar-refractivity contribution in [3.05, 3.63) is 30.0 Å². The van der Waals surface area contributed by atoms with Gasteiger partial charge in [0.05, 0.1) is 11.6 Å². The van der Waals surface area contributed by atoms with Crippen molar-refractivity contribution in [3.8, 4) is 0 Å². The van der Waals surface area contributed by atoms with E-state index in [9.17, 15) is 9.90 Å². The lowest BCUT2D eigenvalue weighted by Crippen LogP contribution is -2.42. The van der Waals surface area contributed by atoms with Crippen molar-refractivity contribution in [2.24, 2.45) is 0 Å². The number of rotatable bonds is 2. The molecule has 1 aliphatic carbocycles. The molecule has 1 aromatic heterocycles. The van der Waals surface area contributed by atoms with Gasteiger partial charge in [0.2, 0.25) is 0 Å². The van der Waals surface area contributed by atoms with Gasteiger partial charge in [0.1, 0.15) is 0 Å². The van der Waals surface area contributed by atoms with Gasteiger partial charge in [0, 0.05) is 5.39 Å². The highest BCUT2D eigenvalue weighted by Crippen LogP contribution is 2.46. The summed E-state index contributed by atoms with van der Waals surface area (Å²) >= 11 is 0. The van der Waals surface area contributed by atoms with Gasteiger partial charge in [-0.15, -0.1) is 0 Å². The number of aliphatic carboxylic acids is 1. The van der Waals surface area contributed by atoms with E-state index in [1.165, 1.54) is 0 Å². The van der Waals surface area contributed by atoms with Crippen molar-refractivity contribution in [2.75, 3.05) is 0 Å². The molecule has 2 aromatic rings. The molecule has 1 N–H and O–H groups in total. The second-order valence-electron chi connectivity index (χ2n) is 4.28. The highest BCUT2D eigenvalue weighted by molar-refractivity contribution is 5.91. The molecule has 0 unspecified atom stereocenters. The molecule has 82 valence electrons. The lowest BCUT2D eigenvalue weighted by Gasteiger charge is -2.38. The Morgan fingerprint density at radius 2 is 2.25 bits per heavy atom. The van der Waals surface area contributed by atoms with E-state index in [0.29, 0.717) is 18.4 Å². The Morgan fingerprint density at radius 3 is 2.88 bits per heavy atom. The first-order chi connectivity index (χ1) is 7.74. The Morgan fingerprint density at radius 1 is 1.44 bits per heavy atom. The number of carboxylic acids is 1. The summed E-state index contributed by atoms with van der Waals surface area (Å²) < 4.78 is 5.06. The summed E-state index contributed by atoms with van der Waals surface area (Å²) in [5.74, 6) is -0.743. The van der Waals surface area contributed by atoms with Crippen LogP contribution >= 0.6 is 0 Å².